The van der Waals surface area contributed by atoms with Crippen molar-refractivity contribution in [2.45, 2.75) is 31.6 Å². The van der Waals surface area contributed by atoms with E-state index in [0.29, 0.717) is 30.9 Å². The van der Waals surface area contributed by atoms with Crippen LogP contribution in [0.15, 0.2) is 54.6 Å². The summed E-state index contributed by atoms with van der Waals surface area (Å²) in [6.07, 6.45) is -6.83. The summed E-state index contributed by atoms with van der Waals surface area (Å²) in [4.78, 5) is 25.1. The molecule has 14 heteroatoms. The number of benzene rings is 3. The SMILES string of the molecule is COc1cc(C(=O)Nc2cc(C(F)(F)F)ccc2N2CCCCC2)ccc1Oc1cc([N+](=O)[O-])cc(C(F)(F)F)c1. The molecule has 0 bridgehead atoms. The van der Waals surface area contributed by atoms with Gasteiger partial charge in [0.05, 0.1) is 40.6 Å². The van der Waals surface area contributed by atoms with Crippen molar-refractivity contribution >= 4 is 23.0 Å². The average Bonchev–Trinajstić information content (AvgIpc) is 2.92. The van der Waals surface area contributed by atoms with Crippen LogP contribution >= 0.6 is 0 Å². The van der Waals surface area contributed by atoms with Gasteiger partial charge >= 0.3 is 12.4 Å². The van der Waals surface area contributed by atoms with Crippen molar-refractivity contribution in [2.75, 3.05) is 30.4 Å². The van der Waals surface area contributed by atoms with Gasteiger partial charge in [-0.25, -0.2) is 0 Å². The predicted molar refractivity (Wildman–Crippen MR) is 137 cm³/mol. The zero-order chi connectivity index (χ0) is 29.9. The minimum absolute atomic E-state index is 0.0395. The lowest BCUT2D eigenvalue weighted by atomic mass is 10.1. The topological polar surface area (TPSA) is 93.9 Å². The van der Waals surface area contributed by atoms with Crippen LogP contribution in [0.25, 0.3) is 0 Å². The monoisotopic (exact) mass is 583 g/mol. The maximum absolute atomic E-state index is 13.4. The van der Waals surface area contributed by atoms with Crippen molar-refractivity contribution in [3.63, 3.8) is 0 Å². The van der Waals surface area contributed by atoms with Crippen LogP contribution in [0.3, 0.4) is 0 Å². The Morgan fingerprint density at radius 1 is 0.878 bits per heavy atom. The van der Waals surface area contributed by atoms with Gasteiger partial charge in [-0.05, 0) is 61.7 Å². The lowest BCUT2D eigenvalue weighted by Gasteiger charge is -2.31. The third kappa shape index (κ3) is 6.99. The summed E-state index contributed by atoms with van der Waals surface area (Å²) in [7, 11) is 1.19. The van der Waals surface area contributed by atoms with Gasteiger partial charge in [0, 0.05) is 24.7 Å². The van der Waals surface area contributed by atoms with E-state index in [9.17, 15) is 41.3 Å². The molecule has 4 rings (SSSR count). The van der Waals surface area contributed by atoms with E-state index in [4.69, 9.17) is 9.47 Å². The molecular weight excluding hydrogens is 560 g/mol. The Bertz CT molecular complexity index is 1450. The number of rotatable bonds is 7. The number of anilines is 2. The highest BCUT2D eigenvalue weighted by molar-refractivity contribution is 6.06. The van der Waals surface area contributed by atoms with E-state index in [1.165, 1.54) is 31.4 Å². The lowest BCUT2D eigenvalue weighted by Crippen LogP contribution is -2.30. The Morgan fingerprint density at radius 2 is 1.56 bits per heavy atom. The fourth-order valence-electron chi connectivity index (χ4n) is 4.35. The van der Waals surface area contributed by atoms with Crippen LogP contribution < -0.4 is 19.7 Å². The molecule has 0 aromatic heterocycles. The summed E-state index contributed by atoms with van der Waals surface area (Å²) in [6, 6.07) is 8.46. The molecule has 0 saturated carbocycles. The van der Waals surface area contributed by atoms with Crippen LogP contribution in [0.5, 0.6) is 17.2 Å². The standard InChI is InChI=1S/C27H23F6N3O5/c1-40-24-11-16(5-8-23(24)41-20-13-18(27(31,32)33)12-19(15-20)36(38)39)25(37)34-21-14-17(26(28,29)30)6-7-22(21)35-9-3-2-4-10-35/h5-8,11-15H,2-4,9-10H2,1H3,(H,34,37). The number of hydrogen-bond acceptors (Lipinski definition) is 6. The van der Waals surface area contributed by atoms with E-state index in [1.807, 2.05) is 4.90 Å². The quantitative estimate of drug-likeness (QED) is 0.174. The van der Waals surface area contributed by atoms with Crippen LogP contribution in [-0.2, 0) is 12.4 Å². The van der Waals surface area contributed by atoms with Crippen molar-refractivity contribution in [3.05, 3.63) is 81.4 Å². The van der Waals surface area contributed by atoms with Gasteiger partial charge in [0.2, 0.25) is 0 Å². The van der Waals surface area contributed by atoms with Gasteiger partial charge in [-0.3, -0.25) is 14.9 Å². The van der Waals surface area contributed by atoms with Gasteiger partial charge in [-0.1, -0.05) is 0 Å². The first-order chi connectivity index (χ1) is 19.3. The Hall–Kier alpha value is -4.49. The van der Waals surface area contributed by atoms with Gasteiger partial charge in [-0.15, -0.1) is 0 Å². The largest absolute Gasteiger partial charge is 0.493 e. The molecule has 218 valence electrons. The molecule has 1 saturated heterocycles. The number of piperidine rings is 1. The molecule has 0 unspecified atom stereocenters. The molecule has 3 aromatic carbocycles. The second kappa shape index (κ2) is 11.6. The summed E-state index contributed by atoms with van der Waals surface area (Å²) in [5.74, 6) is -1.55. The molecule has 1 fully saturated rings. The molecular formula is C27H23F6N3O5. The molecule has 1 aliphatic heterocycles. The highest BCUT2D eigenvalue weighted by Crippen LogP contribution is 2.40. The van der Waals surface area contributed by atoms with Crippen molar-refractivity contribution in [1.82, 2.24) is 0 Å². The number of nitrogens with zero attached hydrogens (tertiary/aromatic N) is 2. The molecule has 8 nitrogen and oxygen atoms in total. The number of methoxy groups -OCH3 is 1. The van der Waals surface area contributed by atoms with E-state index in [1.54, 1.807) is 0 Å². The number of ether oxygens (including phenoxy) is 2. The average molecular weight is 583 g/mol. The molecule has 41 heavy (non-hydrogen) atoms. The van der Waals surface area contributed by atoms with Gasteiger partial charge in [0.25, 0.3) is 11.6 Å². The minimum Gasteiger partial charge on any atom is -0.493 e. The molecule has 1 aliphatic rings. The zero-order valence-corrected chi connectivity index (χ0v) is 21.4. The number of carbonyl (C=O) groups excluding carboxylic acids is 1. The van der Waals surface area contributed by atoms with Gasteiger partial charge < -0.3 is 19.7 Å². The second-order valence-electron chi connectivity index (χ2n) is 9.17. The third-order valence-electron chi connectivity index (χ3n) is 6.35. The van der Waals surface area contributed by atoms with E-state index in [-0.39, 0.29) is 22.7 Å². The molecule has 0 aliphatic carbocycles. The molecule has 1 heterocycles. The maximum Gasteiger partial charge on any atom is 0.416 e. The third-order valence-corrected chi connectivity index (χ3v) is 6.35. The number of carbonyl (C=O) groups is 1. The van der Waals surface area contributed by atoms with E-state index in [0.717, 1.165) is 37.5 Å². The Balaban J connectivity index is 1.63. The van der Waals surface area contributed by atoms with E-state index < -0.39 is 45.7 Å². The first-order valence-corrected chi connectivity index (χ1v) is 12.3. The van der Waals surface area contributed by atoms with Crippen LogP contribution in [0.1, 0.15) is 40.7 Å². The lowest BCUT2D eigenvalue weighted by molar-refractivity contribution is -0.385. The van der Waals surface area contributed by atoms with Gasteiger partial charge in [0.1, 0.15) is 5.75 Å². The predicted octanol–water partition coefficient (Wildman–Crippen LogP) is 7.68. The number of halogens is 6. The van der Waals surface area contributed by atoms with E-state index >= 15 is 0 Å². The van der Waals surface area contributed by atoms with Crippen LogP contribution in [0.2, 0.25) is 0 Å². The summed E-state index contributed by atoms with van der Waals surface area (Å²) in [5, 5.41) is 13.7. The number of nitrogens with one attached hydrogen (secondary N) is 1. The molecule has 3 aromatic rings. The highest BCUT2D eigenvalue weighted by Gasteiger charge is 2.34. The summed E-state index contributed by atoms with van der Waals surface area (Å²) in [6.45, 7) is 1.23. The maximum atomic E-state index is 13.4. The van der Waals surface area contributed by atoms with Crippen LogP contribution in [0.4, 0.5) is 43.4 Å². The Kier molecular flexibility index (Phi) is 8.31. The number of alkyl halides is 6. The summed E-state index contributed by atoms with van der Waals surface area (Å²) < 4.78 is 90.6. The Labute approximate surface area is 229 Å². The molecule has 0 spiro atoms. The number of non-ortho nitro benzene ring substituents is 1. The molecule has 1 N–H and O–H groups in total. The van der Waals surface area contributed by atoms with Crippen molar-refractivity contribution in [3.8, 4) is 17.2 Å². The Morgan fingerprint density at radius 3 is 2.17 bits per heavy atom. The number of nitro benzene ring substituents is 1. The zero-order valence-electron chi connectivity index (χ0n) is 21.4. The first kappa shape index (κ1) is 29.5. The molecule has 0 radical (unpaired) electrons. The van der Waals surface area contributed by atoms with Crippen molar-refractivity contribution in [2.24, 2.45) is 0 Å². The molecule has 1 amide bonds. The number of nitro groups is 1. The summed E-state index contributed by atoms with van der Waals surface area (Å²) in [5.41, 5.74) is -2.75. The fourth-order valence-corrected chi connectivity index (χ4v) is 4.35. The summed E-state index contributed by atoms with van der Waals surface area (Å²) >= 11 is 0. The van der Waals surface area contributed by atoms with Crippen LogP contribution in [-0.4, -0.2) is 31.0 Å². The van der Waals surface area contributed by atoms with Gasteiger partial charge in [-0.2, -0.15) is 26.3 Å². The van der Waals surface area contributed by atoms with E-state index in [2.05, 4.69) is 5.32 Å². The van der Waals surface area contributed by atoms with Crippen molar-refractivity contribution in [1.29, 1.82) is 0 Å². The van der Waals surface area contributed by atoms with Crippen molar-refractivity contribution < 1.29 is 45.5 Å². The smallest absolute Gasteiger partial charge is 0.416 e. The van der Waals surface area contributed by atoms with Crippen LogP contribution in [0, 0.1) is 10.1 Å². The number of hydrogen-bond donors (Lipinski definition) is 1. The minimum atomic E-state index is -4.88. The highest BCUT2D eigenvalue weighted by atomic mass is 19.4. The fraction of sp³-hybridized carbons (Fsp3) is 0.296. The first-order valence-electron chi connectivity index (χ1n) is 12.3. The van der Waals surface area contributed by atoms with Gasteiger partial charge in [0.15, 0.2) is 11.5 Å². The normalized spacial score (nSPS) is 14.0. The molecule has 0 atom stereocenters. The number of amides is 1. The second-order valence-corrected chi connectivity index (χ2v) is 9.17.